The van der Waals surface area contributed by atoms with Gasteiger partial charge >= 0.3 is 5.97 Å². The topological polar surface area (TPSA) is 80.8 Å². The zero-order chi connectivity index (χ0) is 26.3. The van der Waals surface area contributed by atoms with Gasteiger partial charge in [-0.1, -0.05) is 41.9 Å². The molecule has 0 atom stereocenters. The number of carbonyl (C=O) groups is 2. The summed E-state index contributed by atoms with van der Waals surface area (Å²) in [6, 6.07) is 12.5. The minimum absolute atomic E-state index is 0.0130. The van der Waals surface area contributed by atoms with E-state index in [4.69, 9.17) is 16.3 Å². The SMILES string of the molecule is O=C(Oc1c(Cl)cc(C(=O)N2CCC2)cc1S(=O)(=O)Cc1cc(-c2ccccc2)c(F)cc1F)C1CC1. The van der Waals surface area contributed by atoms with Gasteiger partial charge in [0.05, 0.1) is 16.7 Å². The first-order valence-electron chi connectivity index (χ1n) is 11.7. The standard InChI is InChI=1S/C27H22ClF2NO5S/c28-21-12-18(26(32)31-9-4-10-31)13-24(25(21)36-27(33)17-7-8-17)37(34,35)15-19-11-20(23(30)14-22(19)29)16-5-2-1-3-6-16/h1-3,5-6,11-14,17H,4,7-10,15H2. The quantitative estimate of drug-likeness (QED) is 0.292. The summed E-state index contributed by atoms with van der Waals surface area (Å²) in [5, 5.41) is -0.219. The molecule has 192 valence electrons. The van der Waals surface area contributed by atoms with Gasteiger partial charge in [0.15, 0.2) is 15.6 Å². The predicted octanol–water partition coefficient (Wildman–Crippen LogP) is 5.42. The zero-order valence-corrected chi connectivity index (χ0v) is 21.1. The lowest BCUT2D eigenvalue weighted by molar-refractivity contribution is -0.135. The predicted molar refractivity (Wildman–Crippen MR) is 133 cm³/mol. The lowest BCUT2D eigenvalue weighted by Gasteiger charge is -2.31. The Morgan fingerprint density at radius 3 is 2.32 bits per heavy atom. The first-order valence-corrected chi connectivity index (χ1v) is 13.8. The van der Waals surface area contributed by atoms with Crippen LogP contribution in [-0.2, 0) is 20.4 Å². The molecule has 0 aromatic heterocycles. The molecule has 0 bridgehead atoms. The molecule has 2 fully saturated rings. The van der Waals surface area contributed by atoms with Crippen LogP contribution in [0.25, 0.3) is 11.1 Å². The number of ether oxygens (including phenoxy) is 1. The van der Waals surface area contributed by atoms with Crippen LogP contribution < -0.4 is 4.74 Å². The molecular weight excluding hydrogens is 524 g/mol. The van der Waals surface area contributed by atoms with Crippen molar-refractivity contribution in [1.82, 2.24) is 4.90 Å². The number of sulfone groups is 1. The second-order valence-corrected chi connectivity index (χ2v) is 11.5. The van der Waals surface area contributed by atoms with Crippen LogP contribution in [0, 0.1) is 17.6 Å². The largest absolute Gasteiger partial charge is 0.423 e. The van der Waals surface area contributed by atoms with Crippen molar-refractivity contribution < 1.29 is 31.5 Å². The number of likely N-dealkylation sites (tertiary alicyclic amines) is 1. The smallest absolute Gasteiger partial charge is 0.314 e. The van der Waals surface area contributed by atoms with Crippen molar-refractivity contribution in [1.29, 1.82) is 0 Å². The maximum atomic E-state index is 14.8. The summed E-state index contributed by atoms with van der Waals surface area (Å²) in [5.41, 5.74) is 0.213. The van der Waals surface area contributed by atoms with E-state index in [2.05, 4.69) is 0 Å². The molecule has 10 heteroatoms. The van der Waals surface area contributed by atoms with Crippen LogP contribution in [0.15, 0.2) is 59.5 Å². The Kier molecular flexibility index (Phi) is 6.76. The van der Waals surface area contributed by atoms with Gasteiger partial charge in [-0.05, 0) is 43.0 Å². The van der Waals surface area contributed by atoms with Crippen molar-refractivity contribution in [3.63, 3.8) is 0 Å². The third kappa shape index (κ3) is 5.24. The molecule has 37 heavy (non-hydrogen) atoms. The molecule has 1 aliphatic carbocycles. The Morgan fingerprint density at radius 2 is 1.70 bits per heavy atom. The number of amides is 1. The van der Waals surface area contributed by atoms with Crippen LogP contribution >= 0.6 is 11.6 Å². The number of carbonyl (C=O) groups excluding carboxylic acids is 2. The number of esters is 1. The second-order valence-electron chi connectivity index (χ2n) is 9.18. The highest BCUT2D eigenvalue weighted by Crippen LogP contribution is 2.39. The Bertz CT molecular complexity index is 1500. The van der Waals surface area contributed by atoms with E-state index in [0.29, 0.717) is 37.6 Å². The highest BCUT2D eigenvalue weighted by atomic mass is 35.5. The molecule has 1 aliphatic heterocycles. The van der Waals surface area contributed by atoms with Gasteiger partial charge in [-0.25, -0.2) is 17.2 Å². The molecule has 0 N–H and O–H groups in total. The summed E-state index contributed by atoms with van der Waals surface area (Å²) in [6.07, 6.45) is 2.07. The van der Waals surface area contributed by atoms with E-state index < -0.39 is 49.7 Å². The van der Waals surface area contributed by atoms with Gasteiger partial charge in [0.1, 0.15) is 16.5 Å². The third-order valence-corrected chi connectivity index (χ3v) is 8.36. The van der Waals surface area contributed by atoms with E-state index in [1.54, 1.807) is 30.3 Å². The molecule has 1 saturated carbocycles. The highest BCUT2D eigenvalue weighted by molar-refractivity contribution is 7.90. The summed E-state index contributed by atoms with van der Waals surface area (Å²) in [4.78, 5) is 26.2. The maximum Gasteiger partial charge on any atom is 0.314 e. The Labute approximate surface area is 217 Å². The van der Waals surface area contributed by atoms with Gasteiger partial charge in [0.25, 0.3) is 5.91 Å². The van der Waals surface area contributed by atoms with Crippen LogP contribution in [0.5, 0.6) is 5.75 Å². The summed E-state index contributed by atoms with van der Waals surface area (Å²) in [5.74, 6) is -4.54. The third-order valence-electron chi connectivity index (χ3n) is 6.41. The lowest BCUT2D eigenvalue weighted by atomic mass is 10.0. The molecule has 0 unspecified atom stereocenters. The molecule has 3 aromatic rings. The van der Waals surface area contributed by atoms with Crippen molar-refractivity contribution in [2.45, 2.75) is 29.9 Å². The number of rotatable bonds is 7. The van der Waals surface area contributed by atoms with Gasteiger partial charge in [0, 0.05) is 35.8 Å². The Hall–Kier alpha value is -3.30. The van der Waals surface area contributed by atoms with E-state index in [1.807, 2.05) is 0 Å². The lowest BCUT2D eigenvalue weighted by Crippen LogP contribution is -2.42. The van der Waals surface area contributed by atoms with Crippen LogP contribution in [0.1, 0.15) is 35.2 Å². The number of hydrogen-bond donors (Lipinski definition) is 0. The van der Waals surface area contributed by atoms with E-state index in [0.717, 1.165) is 18.6 Å². The Balaban J connectivity index is 1.57. The van der Waals surface area contributed by atoms with Gasteiger partial charge in [0.2, 0.25) is 0 Å². The minimum Gasteiger partial charge on any atom is -0.423 e. The number of nitrogens with zero attached hydrogens (tertiary/aromatic N) is 1. The molecule has 1 saturated heterocycles. The molecule has 3 aromatic carbocycles. The van der Waals surface area contributed by atoms with Crippen LogP contribution in [-0.4, -0.2) is 38.3 Å². The number of halogens is 3. The van der Waals surface area contributed by atoms with Gasteiger partial charge in [-0.3, -0.25) is 9.59 Å². The van der Waals surface area contributed by atoms with Crippen LogP contribution in [0.3, 0.4) is 0 Å². The average molecular weight is 546 g/mol. The van der Waals surface area contributed by atoms with Crippen LogP contribution in [0.4, 0.5) is 8.78 Å². The summed E-state index contributed by atoms with van der Waals surface area (Å²) < 4.78 is 62.0. The average Bonchev–Trinajstić information content (AvgIpc) is 3.67. The highest BCUT2D eigenvalue weighted by Gasteiger charge is 2.35. The van der Waals surface area contributed by atoms with Crippen molar-refractivity contribution in [3.05, 3.63) is 82.4 Å². The van der Waals surface area contributed by atoms with Crippen molar-refractivity contribution in [3.8, 4) is 16.9 Å². The molecule has 5 rings (SSSR count). The zero-order valence-electron chi connectivity index (χ0n) is 19.5. The second kappa shape index (κ2) is 9.87. The van der Waals surface area contributed by atoms with E-state index in [-0.39, 0.29) is 27.6 Å². The molecule has 1 amide bonds. The van der Waals surface area contributed by atoms with E-state index in [9.17, 15) is 26.8 Å². The molecule has 6 nitrogen and oxygen atoms in total. The molecule has 0 radical (unpaired) electrons. The molecular formula is C27H22ClF2NO5S. The molecule has 2 aliphatic rings. The fourth-order valence-corrected chi connectivity index (χ4v) is 5.89. The Morgan fingerprint density at radius 1 is 1.00 bits per heavy atom. The first kappa shape index (κ1) is 25.4. The fourth-order valence-electron chi connectivity index (χ4n) is 4.05. The van der Waals surface area contributed by atoms with Gasteiger partial charge in [-0.15, -0.1) is 0 Å². The van der Waals surface area contributed by atoms with Gasteiger partial charge < -0.3 is 9.64 Å². The summed E-state index contributed by atoms with van der Waals surface area (Å²) in [7, 11) is -4.42. The minimum atomic E-state index is -4.42. The molecule has 1 heterocycles. The van der Waals surface area contributed by atoms with Crippen LogP contribution in [0.2, 0.25) is 5.02 Å². The normalized spacial score (nSPS) is 15.3. The van der Waals surface area contributed by atoms with Crippen molar-refractivity contribution in [2.75, 3.05) is 13.1 Å². The number of benzene rings is 3. The summed E-state index contributed by atoms with van der Waals surface area (Å²) >= 11 is 6.34. The fraction of sp³-hybridized carbons (Fsp3) is 0.259. The van der Waals surface area contributed by atoms with E-state index in [1.165, 1.54) is 11.0 Å². The maximum absolute atomic E-state index is 14.8. The van der Waals surface area contributed by atoms with E-state index >= 15 is 0 Å². The summed E-state index contributed by atoms with van der Waals surface area (Å²) in [6.45, 7) is 1.06. The number of hydrogen-bond acceptors (Lipinski definition) is 5. The first-order chi connectivity index (χ1) is 17.6. The molecule has 0 spiro atoms. The van der Waals surface area contributed by atoms with Crippen molar-refractivity contribution >= 4 is 33.3 Å². The van der Waals surface area contributed by atoms with Crippen molar-refractivity contribution in [2.24, 2.45) is 5.92 Å². The van der Waals surface area contributed by atoms with Gasteiger partial charge in [-0.2, -0.15) is 0 Å². The monoisotopic (exact) mass is 545 g/mol.